The van der Waals surface area contributed by atoms with Gasteiger partial charge in [0.15, 0.2) is 0 Å². The lowest BCUT2D eigenvalue weighted by Crippen LogP contribution is -1.88. The van der Waals surface area contributed by atoms with Gasteiger partial charge in [0, 0.05) is 6.42 Å². The van der Waals surface area contributed by atoms with E-state index in [0.717, 1.165) is 12.7 Å². The molecule has 0 spiro atoms. The van der Waals surface area contributed by atoms with E-state index in [4.69, 9.17) is 0 Å². The van der Waals surface area contributed by atoms with Gasteiger partial charge >= 0.3 is 0 Å². The van der Waals surface area contributed by atoms with E-state index in [1.807, 2.05) is 0 Å². The van der Waals surface area contributed by atoms with Crippen LogP contribution in [0.5, 0.6) is 0 Å². The zero-order chi connectivity index (χ0) is 5.54. The fraction of sp³-hybridized carbons (Fsp3) is 0.750. The molecule has 0 unspecified atom stereocenters. The van der Waals surface area contributed by atoms with Gasteiger partial charge < -0.3 is 17.5 Å². The lowest BCUT2D eigenvalue weighted by atomic mass is 10.3. The Morgan fingerprint density at radius 1 is 1.71 bits per heavy atom. The van der Waals surface area contributed by atoms with Crippen LogP contribution in [-0.4, -0.2) is 20.9 Å². The SMILES string of the molecule is [B-]OCCCC=O. The first-order chi connectivity index (χ1) is 3.41. The minimum Gasteiger partial charge on any atom is -0.702 e. The third-order valence-corrected chi connectivity index (χ3v) is 0.584. The summed E-state index contributed by atoms with van der Waals surface area (Å²) in [6, 6.07) is 0. The second-order valence-electron chi connectivity index (χ2n) is 1.18. The van der Waals surface area contributed by atoms with Gasteiger partial charge in [0.2, 0.25) is 0 Å². The molecule has 0 bridgehead atoms. The van der Waals surface area contributed by atoms with Crippen LogP contribution < -0.4 is 0 Å². The second kappa shape index (κ2) is 5.69. The summed E-state index contributed by atoms with van der Waals surface area (Å²) in [6.07, 6.45) is 2.11. The van der Waals surface area contributed by atoms with E-state index in [1.165, 1.54) is 0 Å². The molecule has 0 rings (SSSR count). The number of hydrogen-bond donors (Lipinski definition) is 0. The molecular weight excluding hydrogens is 90.9 g/mol. The molecule has 3 radical (unpaired) electrons. The largest absolute Gasteiger partial charge is 0.702 e. The van der Waals surface area contributed by atoms with Crippen LogP contribution in [-0.2, 0) is 9.45 Å². The summed E-state index contributed by atoms with van der Waals surface area (Å²) >= 11 is 0. The lowest BCUT2D eigenvalue weighted by Gasteiger charge is -2.06. The van der Waals surface area contributed by atoms with Crippen molar-refractivity contribution in [1.82, 2.24) is 0 Å². The Balaban J connectivity index is 2.56. The highest BCUT2D eigenvalue weighted by molar-refractivity contribution is 5.97. The summed E-state index contributed by atoms with van der Waals surface area (Å²) < 4.78 is 4.18. The predicted molar refractivity (Wildman–Crippen MR) is 27.0 cm³/mol. The molecule has 0 heterocycles. The average molecular weight is 97.9 g/mol. The van der Waals surface area contributed by atoms with E-state index in [1.54, 1.807) is 0 Å². The van der Waals surface area contributed by atoms with Crippen molar-refractivity contribution in [3.05, 3.63) is 0 Å². The van der Waals surface area contributed by atoms with Gasteiger partial charge in [0.05, 0.1) is 0 Å². The van der Waals surface area contributed by atoms with Crippen LogP contribution in [0.1, 0.15) is 12.8 Å². The summed E-state index contributed by atoms with van der Waals surface area (Å²) in [6.45, 7) is 0.471. The average Bonchev–Trinajstić information content (AvgIpc) is 1.69. The van der Waals surface area contributed by atoms with Gasteiger partial charge in [-0.25, -0.2) is 0 Å². The quantitative estimate of drug-likeness (QED) is 0.282. The molecule has 0 saturated heterocycles. The van der Waals surface area contributed by atoms with Crippen molar-refractivity contribution in [2.24, 2.45) is 0 Å². The first-order valence-corrected chi connectivity index (χ1v) is 2.17. The van der Waals surface area contributed by atoms with Crippen molar-refractivity contribution in [3.63, 3.8) is 0 Å². The number of unbranched alkanes of at least 4 members (excludes halogenated alkanes) is 1. The molecule has 3 heteroatoms. The van der Waals surface area contributed by atoms with Crippen LogP contribution >= 0.6 is 0 Å². The van der Waals surface area contributed by atoms with Gasteiger partial charge in [-0.05, 0) is 13.0 Å². The number of carbonyl (C=O) groups is 1. The van der Waals surface area contributed by atoms with Crippen LogP contribution in [0, 0.1) is 0 Å². The molecule has 0 amide bonds. The number of aldehydes is 1. The summed E-state index contributed by atoms with van der Waals surface area (Å²) in [4.78, 5) is 9.58. The summed E-state index contributed by atoms with van der Waals surface area (Å²) in [7, 11) is 4.65. The van der Waals surface area contributed by atoms with Gasteiger partial charge in [-0.1, -0.05) is 0 Å². The van der Waals surface area contributed by atoms with Crippen molar-refractivity contribution < 1.29 is 9.45 Å². The van der Waals surface area contributed by atoms with E-state index < -0.39 is 0 Å². The monoisotopic (exact) mass is 98.1 g/mol. The highest BCUT2D eigenvalue weighted by Gasteiger charge is 1.75. The van der Waals surface area contributed by atoms with Gasteiger partial charge in [0.1, 0.15) is 6.29 Å². The van der Waals surface area contributed by atoms with E-state index in [9.17, 15) is 4.79 Å². The van der Waals surface area contributed by atoms with Crippen LogP contribution in [0.3, 0.4) is 0 Å². The Morgan fingerprint density at radius 3 is 2.86 bits per heavy atom. The number of hydrogen-bond acceptors (Lipinski definition) is 2. The Kier molecular flexibility index (Phi) is 5.45. The lowest BCUT2D eigenvalue weighted by molar-refractivity contribution is -0.108. The van der Waals surface area contributed by atoms with Crippen molar-refractivity contribution in [2.75, 3.05) is 6.61 Å². The molecule has 0 N–H and O–H groups in total. The molecule has 0 saturated carbocycles. The predicted octanol–water partition coefficient (Wildman–Crippen LogP) is 0.0656. The van der Waals surface area contributed by atoms with Crippen molar-refractivity contribution >= 4 is 14.3 Å². The maximum Gasteiger partial charge on any atom is 0.120 e. The first kappa shape index (κ1) is 6.69. The van der Waals surface area contributed by atoms with E-state index in [0.29, 0.717) is 13.0 Å². The normalized spacial score (nSPS) is 8.71. The Morgan fingerprint density at radius 2 is 2.43 bits per heavy atom. The van der Waals surface area contributed by atoms with Crippen molar-refractivity contribution in [1.29, 1.82) is 0 Å². The summed E-state index contributed by atoms with van der Waals surface area (Å²) in [5.41, 5.74) is 0. The fourth-order valence-corrected chi connectivity index (χ4v) is 0.250. The number of rotatable bonds is 4. The first-order valence-electron chi connectivity index (χ1n) is 2.17. The zero-order valence-electron chi connectivity index (χ0n) is 4.09. The molecule has 0 aromatic heterocycles. The Labute approximate surface area is 44.3 Å². The number of carbonyl (C=O) groups excluding carboxylic acids is 1. The molecule has 0 aliphatic heterocycles. The van der Waals surface area contributed by atoms with Gasteiger partial charge in [0.25, 0.3) is 0 Å². The fourth-order valence-electron chi connectivity index (χ4n) is 0.250. The summed E-state index contributed by atoms with van der Waals surface area (Å²) in [5, 5.41) is 0. The summed E-state index contributed by atoms with van der Waals surface area (Å²) in [5.74, 6) is 0. The van der Waals surface area contributed by atoms with E-state index in [-0.39, 0.29) is 0 Å². The smallest absolute Gasteiger partial charge is 0.120 e. The van der Waals surface area contributed by atoms with Crippen LogP contribution in [0.4, 0.5) is 0 Å². The maximum atomic E-state index is 9.58. The molecule has 0 aromatic rings. The van der Waals surface area contributed by atoms with E-state index in [2.05, 4.69) is 12.7 Å². The topological polar surface area (TPSA) is 26.3 Å². The third-order valence-electron chi connectivity index (χ3n) is 0.584. The Bertz CT molecular complexity index is 47.0. The molecule has 0 aliphatic carbocycles. The van der Waals surface area contributed by atoms with Crippen molar-refractivity contribution in [3.8, 4) is 0 Å². The zero-order valence-corrected chi connectivity index (χ0v) is 4.09. The van der Waals surface area contributed by atoms with Gasteiger partial charge in [-0.15, -0.1) is 0 Å². The minimum atomic E-state index is 0.471. The maximum absolute atomic E-state index is 9.58. The second-order valence-corrected chi connectivity index (χ2v) is 1.18. The van der Waals surface area contributed by atoms with Crippen molar-refractivity contribution in [2.45, 2.75) is 12.8 Å². The molecule has 0 atom stereocenters. The van der Waals surface area contributed by atoms with E-state index >= 15 is 0 Å². The highest BCUT2D eigenvalue weighted by Crippen LogP contribution is 1.81. The molecule has 0 fully saturated rings. The van der Waals surface area contributed by atoms with Crippen LogP contribution in [0.25, 0.3) is 0 Å². The molecular formula is C4H7BO2-. The van der Waals surface area contributed by atoms with Gasteiger partial charge in [-0.3, -0.25) is 0 Å². The standard InChI is InChI=1S/C4H7BO2/c5-7-4-2-1-3-6/h3H,1-2,4H2/q-1. The minimum absolute atomic E-state index is 0.471. The molecule has 0 aliphatic rings. The highest BCUT2D eigenvalue weighted by atomic mass is 16.4. The molecule has 0 aromatic carbocycles. The van der Waals surface area contributed by atoms with Crippen LogP contribution in [0.15, 0.2) is 0 Å². The molecule has 39 valence electrons. The molecule has 7 heavy (non-hydrogen) atoms. The Hall–Kier alpha value is -0.305. The third kappa shape index (κ3) is 5.69. The molecule has 2 nitrogen and oxygen atoms in total. The van der Waals surface area contributed by atoms with Crippen LogP contribution in [0.2, 0.25) is 0 Å². The van der Waals surface area contributed by atoms with Gasteiger partial charge in [-0.2, -0.15) is 0 Å².